The molecule has 0 saturated heterocycles. The molecule has 3 heteroatoms. The van der Waals surface area contributed by atoms with Gasteiger partial charge >= 0.3 is 0 Å². The van der Waals surface area contributed by atoms with Gasteiger partial charge in [0.05, 0.1) is 6.54 Å². The summed E-state index contributed by atoms with van der Waals surface area (Å²) in [7, 11) is 0. The van der Waals surface area contributed by atoms with Crippen molar-refractivity contribution in [2.24, 2.45) is 0 Å². The summed E-state index contributed by atoms with van der Waals surface area (Å²) in [5.41, 5.74) is 2.25. The van der Waals surface area contributed by atoms with Crippen molar-refractivity contribution in [1.29, 1.82) is 0 Å². The topological polar surface area (TPSA) is 22.0 Å². The van der Waals surface area contributed by atoms with E-state index in [9.17, 15) is 4.79 Å². The first kappa shape index (κ1) is 12.4. The molecule has 0 fully saturated rings. The summed E-state index contributed by atoms with van der Waals surface area (Å²) in [6.07, 6.45) is 1.57. The van der Waals surface area contributed by atoms with E-state index in [-0.39, 0.29) is 0 Å². The molecule has 0 saturated carbocycles. The normalized spacial score (nSPS) is 11.0. The molecule has 1 aromatic heterocycles. The van der Waals surface area contributed by atoms with Crippen molar-refractivity contribution in [2.75, 3.05) is 0 Å². The van der Waals surface area contributed by atoms with Gasteiger partial charge in [0, 0.05) is 27.5 Å². The molecule has 0 aliphatic carbocycles. The summed E-state index contributed by atoms with van der Waals surface area (Å²) in [4.78, 5) is 11.8. The van der Waals surface area contributed by atoms with Gasteiger partial charge in [-0.1, -0.05) is 25.1 Å². The molecule has 90 valence electrons. The number of fused-ring (bicyclic) bond motifs is 1. The lowest BCUT2D eigenvalue weighted by molar-refractivity contribution is -0.119. The van der Waals surface area contributed by atoms with Crippen LogP contribution < -0.4 is 0 Å². The highest BCUT2D eigenvalue weighted by atomic mass is 79.9. The zero-order chi connectivity index (χ0) is 12.4. The van der Waals surface area contributed by atoms with Crippen LogP contribution in [0.4, 0.5) is 0 Å². The molecule has 0 aliphatic heterocycles. The average Bonchev–Trinajstić information content (AvgIpc) is 2.56. The molecule has 0 aliphatic rings. The number of ketones is 1. The van der Waals surface area contributed by atoms with Gasteiger partial charge in [-0.2, -0.15) is 0 Å². The van der Waals surface area contributed by atoms with Crippen LogP contribution in [-0.4, -0.2) is 10.4 Å². The van der Waals surface area contributed by atoms with Crippen LogP contribution in [0.15, 0.2) is 28.7 Å². The van der Waals surface area contributed by atoms with Gasteiger partial charge in [0.2, 0.25) is 0 Å². The SMILES string of the molecule is CCCC(=O)Cn1c(C)c(Br)c2ccccc21. The molecule has 0 atom stereocenters. The molecule has 0 amide bonds. The highest BCUT2D eigenvalue weighted by Crippen LogP contribution is 2.30. The van der Waals surface area contributed by atoms with Crippen molar-refractivity contribution in [3.05, 3.63) is 34.4 Å². The maximum atomic E-state index is 11.8. The molecular weight excluding hydrogens is 278 g/mol. The van der Waals surface area contributed by atoms with Crippen LogP contribution in [0.1, 0.15) is 25.5 Å². The fraction of sp³-hybridized carbons (Fsp3) is 0.357. The Morgan fingerprint density at radius 2 is 2.06 bits per heavy atom. The largest absolute Gasteiger partial charge is 0.336 e. The molecule has 0 radical (unpaired) electrons. The molecule has 1 aromatic carbocycles. The Hall–Kier alpha value is -1.09. The summed E-state index contributed by atoms with van der Waals surface area (Å²) in [6.45, 7) is 4.56. The third-order valence-corrected chi connectivity index (χ3v) is 4.02. The predicted octanol–water partition coefficient (Wildman–Crippen LogP) is 4.08. The fourth-order valence-corrected chi connectivity index (χ4v) is 2.68. The minimum atomic E-state index is 0.295. The van der Waals surface area contributed by atoms with Crippen molar-refractivity contribution in [3.63, 3.8) is 0 Å². The van der Waals surface area contributed by atoms with E-state index in [2.05, 4.69) is 32.6 Å². The van der Waals surface area contributed by atoms with Crippen LogP contribution >= 0.6 is 15.9 Å². The number of rotatable bonds is 4. The number of Topliss-reactive ketones (excluding diaryl/α,β-unsaturated/α-hetero) is 1. The Morgan fingerprint density at radius 1 is 1.35 bits per heavy atom. The van der Waals surface area contributed by atoms with Crippen LogP contribution in [0.3, 0.4) is 0 Å². The molecule has 2 rings (SSSR count). The van der Waals surface area contributed by atoms with Crippen molar-refractivity contribution >= 4 is 32.6 Å². The number of aromatic nitrogens is 1. The van der Waals surface area contributed by atoms with Gasteiger partial charge in [-0.25, -0.2) is 0 Å². The zero-order valence-corrected chi connectivity index (χ0v) is 11.8. The third kappa shape index (κ3) is 2.29. The molecule has 17 heavy (non-hydrogen) atoms. The quantitative estimate of drug-likeness (QED) is 0.832. The van der Waals surface area contributed by atoms with Gasteiger partial charge in [0.15, 0.2) is 5.78 Å². The van der Waals surface area contributed by atoms with E-state index in [4.69, 9.17) is 0 Å². The monoisotopic (exact) mass is 293 g/mol. The molecule has 1 heterocycles. The number of benzene rings is 1. The highest BCUT2D eigenvalue weighted by Gasteiger charge is 2.13. The average molecular weight is 294 g/mol. The van der Waals surface area contributed by atoms with Gasteiger partial charge in [-0.3, -0.25) is 4.79 Å². The van der Waals surface area contributed by atoms with Crippen molar-refractivity contribution in [2.45, 2.75) is 33.2 Å². The first-order valence-electron chi connectivity index (χ1n) is 5.90. The standard InChI is InChI=1S/C14H16BrNO/c1-3-6-11(17)9-16-10(2)14(15)12-7-4-5-8-13(12)16/h4-5,7-8H,3,6,9H2,1-2H3. The Morgan fingerprint density at radius 3 is 2.76 bits per heavy atom. The van der Waals surface area contributed by atoms with Crippen LogP contribution in [0.5, 0.6) is 0 Å². The van der Waals surface area contributed by atoms with Crippen LogP contribution in [-0.2, 0) is 11.3 Å². The first-order valence-corrected chi connectivity index (χ1v) is 6.69. The third-order valence-electron chi connectivity index (χ3n) is 3.02. The molecular formula is C14H16BrNO. The highest BCUT2D eigenvalue weighted by molar-refractivity contribution is 9.10. The van der Waals surface area contributed by atoms with Crippen molar-refractivity contribution in [3.8, 4) is 0 Å². The summed E-state index contributed by atoms with van der Waals surface area (Å²) < 4.78 is 3.19. The lowest BCUT2D eigenvalue weighted by Crippen LogP contribution is -2.10. The smallest absolute Gasteiger partial charge is 0.152 e. The molecule has 0 bridgehead atoms. The Labute approximate surface area is 110 Å². The predicted molar refractivity (Wildman–Crippen MR) is 74.3 cm³/mol. The molecule has 0 spiro atoms. The van der Waals surface area contributed by atoms with Crippen LogP contribution in [0, 0.1) is 6.92 Å². The Balaban J connectivity index is 2.46. The van der Waals surface area contributed by atoms with Crippen LogP contribution in [0.25, 0.3) is 10.9 Å². The van der Waals surface area contributed by atoms with Crippen LogP contribution in [0.2, 0.25) is 0 Å². The zero-order valence-electron chi connectivity index (χ0n) is 10.2. The lowest BCUT2D eigenvalue weighted by atomic mass is 10.2. The van der Waals surface area contributed by atoms with Crippen molar-refractivity contribution in [1.82, 2.24) is 4.57 Å². The van der Waals surface area contributed by atoms with E-state index in [0.29, 0.717) is 18.7 Å². The maximum absolute atomic E-state index is 11.8. The van der Waals surface area contributed by atoms with E-state index >= 15 is 0 Å². The molecule has 0 N–H and O–H groups in total. The molecule has 2 nitrogen and oxygen atoms in total. The second-order valence-electron chi connectivity index (χ2n) is 4.29. The number of carbonyl (C=O) groups is 1. The number of hydrogen-bond acceptors (Lipinski definition) is 1. The number of nitrogens with zero attached hydrogens (tertiary/aromatic N) is 1. The van der Waals surface area contributed by atoms with E-state index in [1.165, 1.54) is 5.39 Å². The van der Waals surface area contributed by atoms with Gasteiger partial charge in [0.1, 0.15) is 0 Å². The van der Waals surface area contributed by atoms with E-state index in [1.807, 2.05) is 26.0 Å². The summed E-state index contributed by atoms with van der Waals surface area (Å²) in [5, 5.41) is 1.18. The minimum absolute atomic E-state index is 0.295. The van der Waals surface area contributed by atoms with Crippen molar-refractivity contribution < 1.29 is 4.79 Å². The number of para-hydroxylation sites is 1. The summed E-state index contributed by atoms with van der Waals surface area (Å²) in [6, 6.07) is 8.17. The second-order valence-corrected chi connectivity index (χ2v) is 5.08. The van der Waals surface area contributed by atoms with E-state index in [1.54, 1.807) is 0 Å². The van der Waals surface area contributed by atoms with Gasteiger partial charge in [-0.05, 0) is 35.3 Å². The van der Waals surface area contributed by atoms with Gasteiger partial charge in [0.25, 0.3) is 0 Å². The first-order chi connectivity index (χ1) is 8.15. The van der Waals surface area contributed by atoms with E-state index < -0.39 is 0 Å². The second kappa shape index (κ2) is 5.05. The summed E-state index contributed by atoms with van der Waals surface area (Å²) in [5.74, 6) is 0.295. The number of carbonyl (C=O) groups excluding carboxylic acids is 1. The Bertz CT molecular complexity index is 557. The minimum Gasteiger partial charge on any atom is -0.336 e. The van der Waals surface area contributed by atoms with Gasteiger partial charge < -0.3 is 4.57 Å². The number of hydrogen-bond donors (Lipinski definition) is 0. The van der Waals surface area contributed by atoms with Gasteiger partial charge in [-0.15, -0.1) is 0 Å². The molecule has 2 aromatic rings. The lowest BCUT2D eigenvalue weighted by Gasteiger charge is -2.06. The maximum Gasteiger partial charge on any atom is 0.152 e. The van der Waals surface area contributed by atoms with E-state index in [0.717, 1.165) is 22.1 Å². The fourth-order valence-electron chi connectivity index (χ4n) is 2.13. The molecule has 0 unspecified atom stereocenters. The summed E-state index contributed by atoms with van der Waals surface area (Å²) >= 11 is 3.60. The Kier molecular flexibility index (Phi) is 3.67. The number of halogens is 1.